The van der Waals surface area contributed by atoms with Crippen LogP contribution >= 0.6 is 0 Å². The number of esters is 1. The van der Waals surface area contributed by atoms with E-state index in [0.29, 0.717) is 5.39 Å². The molecule has 0 aliphatic heterocycles. The van der Waals surface area contributed by atoms with Gasteiger partial charge >= 0.3 is 11.7 Å². The van der Waals surface area contributed by atoms with Crippen LogP contribution in [0.3, 0.4) is 0 Å². The molecule has 2 rings (SSSR count). The zero-order valence-corrected chi connectivity index (χ0v) is 8.30. The standard InChI is InChI=1S/C10H7NO5/c1-15-10(12)7-5-16-9-6(7)3-2-4-8(9)11(13)14/h2-5H,1H3. The first-order valence-corrected chi connectivity index (χ1v) is 4.38. The second kappa shape index (κ2) is 3.65. The van der Waals surface area contributed by atoms with E-state index in [1.807, 2.05) is 0 Å². The van der Waals surface area contributed by atoms with Crippen LogP contribution in [0, 0.1) is 10.1 Å². The van der Waals surface area contributed by atoms with Gasteiger partial charge in [0.25, 0.3) is 0 Å². The quantitative estimate of drug-likeness (QED) is 0.440. The molecule has 0 unspecified atom stereocenters. The van der Waals surface area contributed by atoms with Crippen LogP contribution in [0.15, 0.2) is 28.9 Å². The third kappa shape index (κ3) is 1.40. The van der Waals surface area contributed by atoms with Gasteiger partial charge in [-0.15, -0.1) is 0 Å². The molecule has 0 aliphatic rings. The van der Waals surface area contributed by atoms with Crippen LogP contribution in [-0.4, -0.2) is 18.0 Å². The predicted molar refractivity (Wildman–Crippen MR) is 54.2 cm³/mol. The number of ether oxygens (including phenoxy) is 1. The Kier molecular flexibility index (Phi) is 2.32. The number of nitrogens with zero attached hydrogens (tertiary/aromatic N) is 1. The zero-order chi connectivity index (χ0) is 11.7. The van der Waals surface area contributed by atoms with Crippen molar-refractivity contribution in [1.82, 2.24) is 0 Å². The van der Waals surface area contributed by atoms with E-state index in [9.17, 15) is 14.9 Å². The van der Waals surface area contributed by atoms with Crippen molar-refractivity contribution < 1.29 is 18.9 Å². The van der Waals surface area contributed by atoms with Gasteiger partial charge in [0, 0.05) is 11.5 Å². The fourth-order valence-electron chi connectivity index (χ4n) is 1.45. The van der Waals surface area contributed by atoms with Gasteiger partial charge in [-0.25, -0.2) is 4.79 Å². The molecular weight excluding hydrogens is 214 g/mol. The molecule has 6 nitrogen and oxygen atoms in total. The number of nitro benzene ring substituents is 1. The fourth-order valence-corrected chi connectivity index (χ4v) is 1.45. The van der Waals surface area contributed by atoms with E-state index in [1.165, 1.54) is 19.2 Å². The molecule has 82 valence electrons. The van der Waals surface area contributed by atoms with Gasteiger partial charge < -0.3 is 9.15 Å². The number of non-ortho nitro benzene ring substituents is 1. The van der Waals surface area contributed by atoms with Gasteiger partial charge in [-0.1, -0.05) is 6.07 Å². The molecular formula is C10H7NO5. The monoisotopic (exact) mass is 221 g/mol. The molecule has 1 aromatic heterocycles. The smallest absolute Gasteiger partial charge is 0.341 e. The highest BCUT2D eigenvalue weighted by Gasteiger charge is 2.20. The van der Waals surface area contributed by atoms with Crippen molar-refractivity contribution in [3.8, 4) is 0 Å². The molecule has 0 saturated carbocycles. The number of benzene rings is 1. The Morgan fingerprint density at radius 2 is 2.25 bits per heavy atom. The number of methoxy groups -OCH3 is 1. The van der Waals surface area contributed by atoms with Crippen LogP contribution < -0.4 is 0 Å². The summed E-state index contributed by atoms with van der Waals surface area (Å²) in [5.74, 6) is -0.584. The van der Waals surface area contributed by atoms with Gasteiger partial charge in [0.05, 0.1) is 12.0 Å². The summed E-state index contributed by atoms with van der Waals surface area (Å²) in [5, 5.41) is 11.1. The van der Waals surface area contributed by atoms with Crippen molar-refractivity contribution in [2.24, 2.45) is 0 Å². The molecule has 0 spiro atoms. The number of carbonyl (C=O) groups is 1. The van der Waals surface area contributed by atoms with Crippen LogP contribution in [0.25, 0.3) is 11.0 Å². The summed E-state index contributed by atoms with van der Waals surface area (Å²) < 4.78 is 9.56. The highest BCUT2D eigenvalue weighted by atomic mass is 16.6. The van der Waals surface area contributed by atoms with E-state index in [2.05, 4.69) is 4.74 Å². The molecule has 0 aliphatic carbocycles. The maximum atomic E-state index is 11.3. The molecule has 0 fully saturated rings. The minimum atomic E-state index is -0.584. The Balaban J connectivity index is 2.71. The van der Waals surface area contributed by atoms with Crippen molar-refractivity contribution in [3.05, 3.63) is 40.1 Å². The second-order valence-corrected chi connectivity index (χ2v) is 3.05. The maximum absolute atomic E-state index is 11.3. The molecule has 6 heteroatoms. The summed E-state index contributed by atoms with van der Waals surface area (Å²) in [6.07, 6.45) is 1.16. The highest BCUT2D eigenvalue weighted by molar-refractivity contribution is 6.05. The average Bonchev–Trinajstić information content (AvgIpc) is 2.71. The number of rotatable bonds is 2. The molecule has 2 aromatic rings. The highest BCUT2D eigenvalue weighted by Crippen LogP contribution is 2.29. The predicted octanol–water partition coefficient (Wildman–Crippen LogP) is 2.13. The van der Waals surface area contributed by atoms with Gasteiger partial charge in [-0.05, 0) is 6.07 Å². The molecule has 0 amide bonds. The van der Waals surface area contributed by atoms with Crippen molar-refractivity contribution in [3.63, 3.8) is 0 Å². The molecule has 0 atom stereocenters. The summed E-state index contributed by atoms with van der Waals surface area (Å²) in [7, 11) is 1.23. The van der Waals surface area contributed by atoms with Crippen LogP contribution in [-0.2, 0) is 4.74 Å². The lowest BCUT2D eigenvalue weighted by molar-refractivity contribution is -0.383. The molecule has 1 aromatic carbocycles. The van der Waals surface area contributed by atoms with E-state index >= 15 is 0 Å². The number of nitro groups is 1. The zero-order valence-electron chi connectivity index (χ0n) is 8.30. The largest absolute Gasteiger partial charge is 0.465 e. The minimum absolute atomic E-state index is 0.0768. The van der Waals surface area contributed by atoms with Gasteiger partial charge in [-0.2, -0.15) is 0 Å². The van der Waals surface area contributed by atoms with E-state index < -0.39 is 10.9 Å². The Bertz CT molecular complexity index is 572. The Morgan fingerprint density at radius 3 is 2.88 bits per heavy atom. The molecule has 0 radical (unpaired) electrons. The summed E-state index contributed by atoms with van der Waals surface area (Å²) in [6, 6.07) is 4.37. The number of para-hydroxylation sites is 1. The Morgan fingerprint density at radius 1 is 1.50 bits per heavy atom. The number of hydrogen-bond acceptors (Lipinski definition) is 5. The van der Waals surface area contributed by atoms with Gasteiger partial charge in [0.1, 0.15) is 11.8 Å². The topological polar surface area (TPSA) is 82.6 Å². The first-order chi connectivity index (χ1) is 7.65. The van der Waals surface area contributed by atoms with Crippen molar-refractivity contribution in [2.75, 3.05) is 7.11 Å². The first-order valence-electron chi connectivity index (χ1n) is 4.38. The molecule has 0 saturated heterocycles. The molecule has 1 heterocycles. The van der Waals surface area contributed by atoms with Gasteiger partial charge in [-0.3, -0.25) is 10.1 Å². The van der Waals surface area contributed by atoms with Crippen molar-refractivity contribution in [2.45, 2.75) is 0 Å². The number of carbonyl (C=O) groups excluding carboxylic acids is 1. The third-order valence-electron chi connectivity index (χ3n) is 2.18. The van der Waals surface area contributed by atoms with Gasteiger partial charge in [0.2, 0.25) is 5.58 Å². The number of fused-ring (bicyclic) bond motifs is 1. The van der Waals surface area contributed by atoms with E-state index in [-0.39, 0.29) is 16.8 Å². The third-order valence-corrected chi connectivity index (χ3v) is 2.18. The maximum Gasteiger partial charge on any atom is 0.341 e. The Labute approximate surface area is 89.6 Å². The fraction of sp³-hybridized carbons (Fsp3) is 0.100. The molecule has 0 N–H and O–H groups in total. The number of furan rings is 1. The van der Waals surface area contributed by atoms with E-state index in [1.54, 1.807) is 6.07 Å². The first kappa shape index (κ1) is 10.2. The van der Waals surface area contributed by atoms with Crippen LogP contribution in [0.4, 0.5) is 5.69 Å². The summed E-state index contributed by atoms with van der Waals surface area (Å²) in [5.41, 5.74) is 0.0850. The second-order valence-electron chi connectivity index (χ2n) is 3.05. The Hall–Kier alpha value is -2.37. The SMILES string of the molecule is COC(=O)c1coc2c([N+](=O)[O-])cccc12. The summed E-state index contributed by atoms with van der Waals surface area (Å²) in [6.45, 7) is 0. The number of hydrogen-bond donors (Lipinski definition) is 0. The van der Waals surface area contributed by atoms with Crippen LogP contribution in [0.5, 0.6) is 0 Å². The van der Waals surface area contributed by atoms with Crippen molar-refractivity contribution >= 4 is 22.6 Å². The molecule has 0 bridgehead atoms. The summed E-state index contributed by atoms with van der Waals surface area (Å²) >= 11 is 0. The summed E-state index contributed by atoms with van der Waals surface area (Å²) in [4.78, 5) is 21.4. The van der Waals surface area contributed by atoms with E-state index in [4.69, 9.17) is 4.42 Å². The van der Waals surface area contributed by atoms with Crippen LogP contribution in [0.2, 0.25) is 0 Å². The van der Waals surface area contributed by atoms with E-state index in [0.717, 1.165) is 6.26 Å². The van der Waals surface area contributed by atoms with Gasteiger partial charge in [0.15, 0.2) is 0 Å². The lowest BCUT2D eigenvalue weighted by atomic mass is 10.1. The lowest BCUT2D eigenvalue weighted by Gasteiger charge is -1.95. The lowest BCUT2D eigenvalue weighted by Crippen LogP contribution is -1.99. The normalized spacial score (nSPS) is 10.3. The molecule has 16 heavy (non-hydrogen) atoms. The van der Waals surface area contributed by atoms with Crippen molar-refractivity contribution in [1.29, 1.82) is 0 Å². The van der Waals surface area contributed by atoms with Crippen LogP contribution in [0.1, 0.15) is 10.4 Å². The average molecular weight is 221 g/mol. The minimum Gasteiger partial charge on any atom is -0.465 e.